The number of halogens is 6. The van der Waals surface area contributed by atoms with Crippen LogP contribution in [0.2, 0.25) is 0 Å². The highest BCUT2D eigenvalue weighted by Crippen LogP contribution is 2.44. The van der Waals surface area contributed by atoms with E-state index in [1.54, 1.807) is 60.7 Å². The Hall–Kier alpha value is -3.34. The van der Waals surface area contributed by atoms with Gasteiger partial charge in [-0.3, -0.25) is 0 Å². The van der Waals surface area contributed by atoms with E-state index in [4.69, 9.17) is 0 Å². The quantitative estimate of drug-likeness (QED) is 0.239. The fourth-order valence-corrected chi connectivity index (χ4v) is 4.28. The largest absolute Gasteiger partial charge is 0.416 e. The maximum atomic E-state index is 13.5. The molecule has 0 N–H and O–H groups in total. The summed E-state index contributed by atoms with van der Waals surface area (Å²) in [6, 6.07) is 18.6. The van der Waals surface area contributed by atoms with E-state index in [1.807, 2.05) is 0 Å². The first kappa shape index (κ1) is 22.8. The second-order valence-electron chi connectivity index (χ2n) is 6.96. The molecular weight excluding hydrogens is 466 g/mol. The molecule has 33 heavy (non-hydrogen) atoms. The van der Waals surface area contributed by atoms with Gasteiger partial charge < -0.3 is 0 Å². The van der Waals surface area contributed by atoms with Crippen molar-refractivity contribution >= 4 is 11.8 Å². The number of aromatic nitrogens is 4. The van der Waals surface area contributed by atoms with Crippen LogP contribution in [0.5, 0.6) is 0 Å². The monoisotopic (exact) mass is 480 g/mol. The van der Waals surface area contributed by atoms with Gasteiger partial charge in [-0.15, -0.1) is 5.10 Å². The SMILES string of the molecule is FC(F)(F)c1cc(C(Sc2nnnn2-c2ccccc2)c2ccccc2)cc(C(F)(F)F)c1. The molecule has 1 aromatic heterocycles. The van der Waals surface area contributed by atoms with Gasteiger partial charge in [-0.1, -0.05) is 60.3 Å². The molecule has 0 spiro atoms. The van der Waals surface area contributed by atoms with Gasteiger partial charge in [-0.05, 0) is 51.9 Å². The van der Waals surface area contributed by atoms with E-state index >= 15 is 0 Å². The highest BCUT2D eigenvalue weighted by Gasteiger charge is 2.38. The number of para-hydroxylation sites is 1. The maximum Gasteiger partial charge on any atom is 0.416 e. The molecule has 0 fully saturated rings. The molecule has 0 aliphatic rings. The van der Waals surface area contributed by atoms with Crippen LogP contribution >= 0.6 is 11.8 Å². The summed E-state index contributed by atoms with van der Waals surface area (Å²) in [5.41, 5.74) is -1.83. The Morgan fingerprint density at radius 3 is 1.79 bits per heavy atom. The smallest absolute Gasteiger partial charge is 0.187 e. The number of nitrogens with zero attached hydrogens (tertiary/aromatic N) is 4. The molecule has 3 aromatic carbocycles. The summed E-state index contributed by atoms with van der Waals surface area (Å²) >= 11 is 0.954. The number of alkyl halides is 6. The van der Waals surface area contributed by atoms with Crippen molar-refractivity contribution < 1.29 is 26.3 Å². The lowest BCUT2D eigenvalue weighted by Crippen LogP contribution is -2.13. The van der Waals surface area contributed by atoms with Crippen molar-refractivity contribution in [3.8, 4) is 5.69 Å². The van der Waals surface area contributed by atoms with Gasteiger partial charge in [0.2, 0.25) is 5.16 Å². The van der Waals surface area contributed by atoms with Crippen molar-refractivity contribution in [1.29, 1.82) is 0 Å². The van der Waals surface area contributed by atoms with Gasteiger partial charge in [0.05, 0.1) is 22.1 Å². The number of tetrazole rings is 1. The highest BCUT2D eigenvalue weighted by atomic mass is 32.2. The van der Waals surface area contributed by atoms with Crippen molar-refractivity contribution in [2.45, 2.75) is 22.8 Å². The fraction of sp³-hybridized carbons (Fsp3) is 0.136. The molecule has 170 valence electrons. The van der Waals surface area contributed by atoms with Gasteiger partial charge in [0.25, 0.3) is 0 Å². The molecule has 4 nitrogen and oxygen atoms in total. The van der Waals surface area contributed by atoms with E-state index in [-0.39, 0.29) is 16.8 Å². The molecule has 0 aliphatic heterocycles. The Bertz CT molecular complexity index is 1190. The molecule has 1 atom stereocenters. The summed E-state index contributed by atoms with van der Waals surface area (Å²) in [6.45, 7) is 0. The molecule has 0 aliphatic carbocycles. The van der Waals surface area contributed by atoms with Crippen molar-refractivity contribution in [2.75, 3.05) is 0 Å². The average Bonchev–Trinajstić information content (AvgIpc) is 3.25. The minimum absolute atomic E-state index is 0.115. The van der Waals surface area contributed by atoms with E-state index in [1.165, 1.54) is 4.68 Å². The van der Waals surface area contributed by atoms with Crippen LogP contribution in [-0.2, 0) is 12.4 Å². The Morgan fingerprint density at radius 1 is 0.697 bits per heavy atom. The molecule has 0 amide bonds. The zero-order valence-electron chi connectivity index (χ0n) is 16.5. The molecule has 0 saturated carbocycles. The second-order valence-corrected chi connectivity index (χ2v) is 8.03. The lowest BCUT2D eigenvalue weighted by atomic mass is 9.98. The lowest BCUT2D eigenvalue weighted by molar-refractivity contribution is -0.143. The summed E-state index contributed by atoms with van der Waals surface area (Å²) in [7, 11) is 0. The van der Waals surface area contributed by atoms with E-state index < -0.39 is 28.7 Å². The normalized spacial score (nSPS) is 13.2. The Labute approximate surface area is 188 Å². The molecule has 11 heteroatoms. The fourth-order valence-electron chi connectivity index (χ4n) is 3.18. The third-order valence-corrected chi connectivity index (χ3v) is 5.93. The minimum atomic E-state index is -4.95. The van der Waals surface area contributed by atoms with Crippen LogP contribution in [0.15, 0.2) is 84.0 Å². The van der Waals surface area contributed by atoms with E-state index in [0.717, 1.165) is 23.9 Å². The number of hydrogen-bond donors (Lipinski definition) is 0. The van der Waals surface area contributed by atoms with Gasteiger partial charge in [-0.25, -0.2) is 0 Å². The standard InChI is InChI=1S/C22H14F6N4S/c23-21(24,25)16-11-15(12-17(13-16)22(26,27)28)19(14-7-3-1-4-8-14)33-20-29-30-31-32(20)18-9-5-2-6-10-18/h1-13,19H. The predicted octanol–water partition coefficient (Wildman–Crippen LogP) is 6.58. The molecule has 4 aromatic rings. The van der Waals surface area contributed by atoms with Gasteiger partial charge in [0.15, 0.2) is 0 Å². The lowest BCUT2D eigenvalue weighted by Gasteiger charge is -2.20. The average molecular weight is 480 g/mol. The Balaban J connectivity index is 1.85. The highest BCUT2D eigenvalue weighted by molar-refractivity contribution is 7.99. The summed E-state index contributed by atoms with van der Waals surface area (Å²) < 4.78 is 82.1. The predicted molar refractivity (Wildman–Crippen MR) is 110 cm³/mol. The summed E-state index contributed by atoms with van der Waals surface area (Å²) in [5, 5.41) is 10.8. The second kappa shape index (κ2) is 8.89. The molecule has 1 unspecified atom stereocenters. The third kappa shape index (κ3) is 5.19. The molecule has 0 saturated heterocycles. The summed E-state index contributed by atoms with van der Waals surface area (Å²) in [5.74, 6) is 0. The van der Waals surface area contributed by atoms with Crippen LogP contribution in [0.4, 0.5) is 26.3 Å². The number of hydrogen-bond acceptors (Lipinski definition) is 4. The minimum Gasteiger partial charge on any atom is -0.187 e. The van der Waals surface area contributed by atoms with Crippen LogP contribution in [0.3, 0.4) is 0 Å². The molecule has 4 rings (SSSR count). The molecule has 0 bridgehead atoms. The van der Waals surface area contributed by atoms with Crippen molar-refractivity contribution in [1.82, 2.24) is 20.2 Å². The molecular formula is C22H14F6N4S. The van der Waals surface area contributed by atoms with Crippen molar-refractivity contribution in [3.05, 3.63) is 101 Å². The Morgan fingerprint density at radius 2 is 1.24 bits per heavy atom. The Kier molecular flexibility index (Phi) is 6.15. The zero-order chi connectivity index (χ0) is 23.6. The van der Waals surface area contributed by atoms with Gasteiger partial charge in [0.1, 0.15) is 0 Å². The van der Waals surface area contributed by atoms with Crippen LogP contribution in [-0.4, -0.2) is 20.2 Å². The van der Waals surface area contributed by atoms with Crippen molar-refractivity contribution in [2.24, 2.45) is 0 Å². The number of rotatable bonds is 5. The number of thioether (sulfide) groups is 1. The van der Waals surface area contributed by atoms with E-state index in [0.29, 0.717) is 11.3 Å². The third-order valence-electron chi connectivity index (χ3n) is 4.68. The first-order chi connectivity index (χ1) is 15.6. The van der Waals surface area contributed by atoms with Gasteiger partial charge in [0, 0.05) is 0 Å². The maximum absolute atomic E-state index is 13.5. The van der Waals surface area contributed by atoms with E-state index in [9.17, 15) is 26.3 Å². The molecule has 1 heterocycles. The number of benzene rings is 3. The van der Waals surface area contributed by atoms with Gasteiger partial charge >= 0.3 is 12.4 Å². The summed E-state index contributed by atoms with van der Waals surface area (Å²) in [6.07, 6.45) is -9.90. The van der Waals surface area contributed by atoms with Crippen LogP contribution in [0.25, 0.3) is 5.69 Å². The van der Waals surface area contributed by atoms with Gasteiger partial charge in [-0.2, -0.15) is 31.0 Å². The first-order valence-corrected chi connectivity index (χ1v) is 10.4. The zero-order valence-corrected chi connectivity index (χ0v) is 17.4. The topological polar surface area (TPSA) is 43.6 Å². The first-order valence-electron chi connectivity index (χ1n) is 9.48. The molecule has 0 radical (unpaired) electrons. The van der Waals surface area contributed by atoms with Crippen LogP contribution in [0, 0.1) is 0 Å². The van der Waals surface area contributed by atoms with E-state index in [2.05, 4.69) is 15.5 Å². The van der Waals surface area contributed by atoms with Crippen LogP contribution in [0.1, 0.15) is 27.5 Å². The van der Waals surface area contributed by atoms with Crippen LogP contribution < -0.4 is 0 Å². The summed E-state index contributed by atoms with van der Waals surface area (Å²) in [4.78, 5) is 0. The van der Waals surface area contributed by atoms with Crippen molar-refractivity contribution in [3.63, 3.8) is 0 Å².